The number of hydrogen-bond acceptors (Lipinski definition) is 2. The van der Waals surface area contributed by atoms with Crippen molar-refractivity contribution in [3.05, 3.63) is 58.2 Å². The van der Waals surface area contributed by atoms with Crippen molar-refractivity contribution in [1.29, 1.82) is 0 Å². The van der Waals surface area contributed by atoms with Crippen molar-refractivity contribution < 1.29 is 4.39 Å². The van der Waals surface area contributed by atoms with Crippen LogP contribution in [-0.2, 0) is 0 Å². The topological polar surface area (TPSA) is 15.3 Å². The molecular formula is C22H27FN2. The fourth-order valence-corrected chi connectivity index (χ4v) is 5.43. The molecule has 2 heterocycles. The van der Waals surface area contributed by atoms with Crippen LogP contribution in [0.1, 0.15) is 32.1 Å². The standard InChI is InChI=1S/C22H27FN2/c23-19-7-11-25(12-8-19)15-16-3-1-6-21-20(16)13-17-4-2-5-18-14-24-10-9-22(17,18)21/h3-6,13,19,24H,1-2,7-12,14-15H2. The van der Waals surface area contributed by atoms with E-state index in [1.165, 1.54) is 23.1 Å². The molecule has 3 heteroatoms. The van der Waals surface area contributed by atoms with Crippen LogP contribution < -0.4 is 5.32 Å². The summed E-state index contributed by atoms with van der Waals surface area (Å²) in [6.07, 6.45) is 16.3. The smallest absolute Gasteiger partial charge is 0.103 e. The van der Waals surface area contributed by atoms with Gasteiger partial charge in [-0.3, -0.25) is 4.90 Å². The molecule has 3 aliphatic carbocycles. The highest BCUT2D eigenvalue weighted by atomic mass is 19.1. The van der Waals surface area contributed by atoms with Crippen LogP contribution in [0.15, 0.2) is 58.2 Å². The Morgan fingerprint density at radius 3 is 2.84 bits per heavy atom. The summed E-state index contributed by atoms with van der Waals surface area (Å²) in [6, 6.07) is 0. The van der Waals surface area contributed by atoms with Gasteiger partial charge in [0, 0.05) is 31.6 Å². The maximum Gasteiger partial charge on any atom is 0.103 e. The lowest BCUT2D eigenvalue weighted by Gasteiger charge is -2.43. The maximum atomic E-state index is 13.5. The number of allylic oxidation sites excluding steroid dienone is 7. The Kier molecular flexibility index (Phi) is 3.83. The molecule has 0 aromatic heterocycles. The molecule has 1 atom stereocenters. The lowest BCUT2D eigenvalue weighted by Crippen LogP contribution is -2.41. The van der Waals surface area contributed by atoms with E-state index in [2.05, 4.69) is 40.6 Å². The van der Waals surface area contributed by atoms with E-state index >= 15 is 0 Å². The Morgan fingerprint density at radius 2 is 1.96 bits per heavy atom. The number of fused-ring (bicyclic) bond motifs is 1. The van der Waals surface area contributed by atoms with Crippen molar-refractivity contribution >= 4 is 0 Å². The van der Waals surface area contributed by atoms with Gasteiger partial charge in [0.15, 0.2) is 0 Å². The lowest BCUT2D eigenvalue weighted by atomic mass is 9.64. The van der Waals surface area contributed by atoms with Crippen molar-refractivity contribution in [2.24, 2.45) is 5.41 Å². The molecule has 0 aromatic rings. The molecule has 5 aliphatic rings. The highest BCUT2D eigenvalue weighted by Gasteiger charge is 2.48. The molecule has 132 valence electrons. The van der Waals surface area contributed by atoms with Crippen LogP contribution in [0.5, 0.6) is 0 Å². The van der Waals surface area contributed by atoms with Gasteiger partial charge in [0.25, 0.3) is 0 Å². The minimum Gasteiger partial charge on any atom is -0.313 e. The first-order valence-corrected chi connectivity index (χ1v) is 9.87. The molecule has 0 bridgehead atoms. The van der Waals surface area contributed by atoms with Crippen LogP contribution in [0.2, 0.25) is 0 Å². The summed E-state index contributed by atoms with van der Waals surface area (Å²) in [7, 11) is 0. The molecule has 0 aromatic carbocycles. The van der Waals surface area contributed by atoms with Crippen LogP contribution in [-0.4, -0.2) is 43.8 Å². The van der Waals surface area contributed by atoms with Gasteiger partial charge in [-0.25, -0.2) is 4.39 Å². The fraction of sp³-hybridized carbons (Fsp3) is 0.545. The Morgan fingerprint density at radius 1 is 1.12 bits per heavy atom. The van der Waals surface area contributed by atoms with E-state index in [1.807, 2.05) is 0 Å². The zero-order valence-electron chi connectivity index (χ0n) is 14.9. The second-order valence-electron chi connectivity index (χ2n) is 8.05. The third-order valence-electron chi connectivity index (χ3n) is 6.73. The molecule has 1 unspecified atom stereocenters. The first-order chi connectivity index (χ1) is 12.3. The molecule has 1 spiro atoms. The summed E-state index contributed by atoms with van der Waals surface area (Å²) < 4.78 is 13.5. The third kappa shape index (κ3) is 2.43. The second kappa shape index (κ2) is 6.07. The van der Waals surface area contributed by atoms with Crippen LogP contribution >= 0.6 is 0 Å². The van der Waals surface area contributed by atoms with Gasteiger partial charge in [-0.2, -0.15) is 0 Å². The summed E-state index contributed by atoms with van der Waals surface area (Å²) in [5, 5.41) is 3.56. The average molecular weight is 338 g/mol. The van der Waals surface area contributed by atoms with Gasteiger partial charge in [-0.15, -0.1) is 0 Å². The van der Waals surface area contributed by atoms with E-state index in [9.17, 15) is 4.39 Å². The number of piperidine rings is 2. The quantitative estimate of drug-likeness (QED) is 0.769. The molecule has 1 N–H and O–H groups in total. The Bertz CT molecular complexity index is 731. The minimum atomic E-state index is -0.591. The third-order valence-corrected chi connectivity index (χ3v) is 6.73. The van der Waals surface area contributed by atoms with Crippen molar-refractivity contribution in [3.8, 4) is 0 Å². The van der Waals surface area contributed by atoms with Gasteiger partial charge in [0.1, 0.15) is 6.17 Å². The number of rotatable bonds is 2. The van der Waals surface area contributed by atoms with E-state index in [0.29, 0.717) is 12.8 Å². The van der Waals surface area contributed by atoms with E-state index in [-0.39, 0.29) is 5.41 Å². The summed E-state index contributed by atoms with van der Waals surface area (Å²) >= 11 is 0. The molecule has 2 aliphatic heterocycles. The van der Waals surface area contributed by atoms with E-state index < -0.39 is 6.17 Å². The van der Waals surface area contributed by atoms with Crippen molar-refractivity contribution in [3.63, 3.8) is 0 Å². The first-order valence-electron chi connectivity index (χ1n) is 9.87. The Balaban J connectivity index is 1.44. The van der Waals surface area contributed by atoms with Crippen molar-refractivity contribution in [2.75, 3.05) is 32.7 Å². The van der Waals surface area contributed by atoms with Gasteiger partial charge < -0.3 is 5.32 Å². The van der Waals surface area contributed by atoms with Crippen LogP contribution in [0.4, 0.5) is 4.39 Å². The SMILES string of the molecule is FC1CCN(CC2=CCC=C3C2=CC2=CCC=C4CNCCC243)CC1. The molecule has 25 heavy (non-hydrogen) atoms. The zero-order chi connectivity index (χ0) is 16.9. The van der Waals surface area contributed by atoms with Gasteiger partial charge >= 0.3 is 0 Å². The van der Waals surface area contributed by atoms with Crippen LogP contribution in [0.3, 0.4) is 0 Å². The summed E-state index contributed by atoms with van der Waals surface area (Å²) in [5.41, 5.74) is 7.76. The number of halogens is 1. The molecule has 5 rings (SSSR count). The molecule has 2 nitrogen and oxygen atoms in total. The lowest BCUT2D eigenvalue weighted by molar-refractivity contribution is 0.160. The normalized spacial score (nSPS) is 32.6. The number of hydrogen-bond donors (Lipinski definition) is 1. The van der Waals surface area contributed by atoms with Crippen LogP contribution in [0.25, 0.3) is 0 Å². The summed E-state index contributed by atoms with van der Waals surface area (Å²) in [6.45, 7) is 4.90. The average Bonchev–Trinajstić information content (AvgIpc) is 2.98. The second-order valence-corrected chi connectivity index (χ2v) is 8.05. The van der Waals surface area contributed by atoms with E-state index in [1.54, 1.807) is 11.1 Å². The minimum absolute atomic E-state index is 0.157. The fourth-order valence-electron chi connectivity index (χ4n) is 5.43. The summed E-state index contributed by atoms with van der Waals surface area (Å²) in [5.74, 6) is 0. The maximum absolute atomic E-state index is 13.5. The van der Waals surface area contributed by atoms with Crippen molar-refractivity contribution in [2.45, 2.75) is 38.3 Å². The van der Waals surface area contributed by atoms with Crippen LogP contribution in [0, 0.1) is 5.41 Å². The first kappa shape index (κ1) is 15.8. The summed E-state index contributed by atoms with van der Waals surface area (Å²) in [4.78, 5) is 2.44. The molecular weight excluding hydrogens is 311 g/mol. The number of likely N-dealkylation sites (tertiary alicyclic amines) is 1. The predicted molar refractivity (Wildman–Crippen MR) is 100 cm³/mol. The Hall–Kier alpha value is -1.45. The molecule has 2 saturated heterocycles. The molecule has 2 fully saturated rings. The largest absolute Gasteiger partial charge is 0.313 e. The van der Waals surface area contributed by atoms with E-state index in [0.717, 1.165) is 45.6 Å². The Labute approximate surface area is 149 Å². The molecule has 0 radical (unpaired) electrons. The zero-order valence-corrected chi connectivity index (χ0v) is 14.9. The highest BCUT2D eigenvalue weighted by Crippen LogP contribution is 2.58. The van der Waals surface area contributed by atoms with E-state index in [4.69, 9.17) is 0 Å². The molecule has 0 amide bonds. The molecule has 0 saturated carbocycles. The van der Waals surface area contributed by atoms with Gasteiger partial charge in [0.2, 0.25) is 0 Å². The van der Waals surface area contributed by atoms with Gasteiger partial charge in [-0.05, 0) is 66.5 Å². The number of alkyl halides is 1. The highest BCUT2D eigenvalue weighted by molar-refractivity contribution is 5.70. The predicted octanol–water partition coefficient (Wildman–Crippen LogP) is 3.85. The number of nitrogens with one attached hydrogen (secondary N) is 1. The van der Waals surface area contributed by atoms with Crippen molar-refractivity contribution in [1.82, 2.24) is 10.2 Å². The number of nitrogens with zero attached hydrogens (tertiary/aromatic N) is 1. The van der Waals surface area contributed by atoms with Gasteiger partial charge in [-0.1, -0.05) is 30.4 Å². The monoisotopic (exact) mass is 338 g/mol. The van der Waals surface area contributed by atoms with Gasteiger partial charge in [0.05, 0.1) is 0 Å².